The summed E-state index contributed by atoms with van der Waals surface area (Å²) >= 11 is 5.28. The van der Waals surface area contributed by atoms with Crippen LogP contribution in [0.15, 0.2) is 0 Å². The number of nitrogens with zero attached hydrogens (tertiary/aromatic N) is 1. The van der Waals surface area contributed by atoms with Gasteiger partial charge in [-0.25, -0.2) is 0 Å². The molecule has 0 saturated heterocycles. The van der Waals surface area contributed by atoms with Gasteiger partial charge in [-0.2, -0.15) is 0 Å². The number of thiocarbonyl (C=S) groups is 1. The molecule has 0 aromatic rings. The number of rotatable bonds is 4. The van der Waals surface area contributed by atoms with E-state index < -0.39 is 0 Å². The molecule has 0 amide bonds. The van der Waals surface area contributed by atoms with E-state index in [0.717, 1.165) is 18.0 Å². The zero-order chi connectivity index (χ0) is 10.4. The van der Waals surface area contributed by atoms with Crippen molar-refractivity contribution in [2.75, 3.05) is 7.05 Å². The predicted molar refractivity (Wildman–Crippen MR) is 63.0 cm³/mol. The molecule has 0 fully saturated rings. The molecule has 0 aliphatic carbocycles. The van der Waals surface area contributed by atoms with Gasteiger partial charge in [0.15, 0.2) is 5.11 Å². The fraction of sp³-hybridized carbons (Fsp3) is 0.900. The highest BCUT2D eigenvalue weighted by atomic mass is 32.1. The van der Waals surface area contributed by atoms with E-state index in [-0.39, 0.29) is 0 Å². The highest BCUT2D eigenvalue weighted by molar-refractivity contribution is 7.80. The maximum Gasteiger partial charge on any atom is 0.169 e. The van der Waals surface area contributed by atoms with Gasteiger partial charge in [-0.15, -0.1) is 0 Å². The number of hydrogen-bond donors (Lipinski definition) is 1. The molecule has 0 aliphatic rings. The van der Waals surface area contributed by atoms with Crippen LogP contribution in [-0.2, 0) is 0 Å². The molecule has 0 heterocycles. The molecule has 0 aromatic carbocycles. The first-order valence-corrected chi connectivity index (χ1v) is 5.49. The van der Waals surface area contributed by atoms with Crippen LogP contribution in [0.2, 0.25) is 0 Å². The molecule has 2 nitrogen and oxygen atoms in total. The monoisotopic (exact) mass is 202 g/mol. The third-order valence-corrected chi connectivity index (χ3v) is 2.99. The van der Waals surface area contributed by atoms with E-state index in [9.17, 15) is 0 Å². The molecule has 1 N–H and O–H groups in total. The summed E-state index contributed by atoms with van der Waals surface area (Å²) in [4.78, 5) is 2.29. The summed E-state index contributed by atoms with van der Waals surface area (Å²) < 4.78 is 0. The van der Waals surface area contributed by atoms with Gasteiger partial charge < -0.3 is 10.2 Å². The molecule has 2 atom stereocenters. The Morgan fingerprint density at radius 2 is 1.62 bits per heavy atom. The minimum Gasteiger partial charge on any atom is -0.366 e. The normalized spacial score (nSPS) is 14.8. The third kappa shape index (κ3) is 3.51. The van der Waals surface area contributed by atoms with Crippen LogP contribution in [-0.4, -0.2) is 29.1 Å². The Morgan fingerprint density at radius 1 is 1.23 bits per heavy atom. The summed E-state index contributed by atoms with van der Waals surface area (Å²) in [7, 11) is 1.89. The Balaban J connectivity index is 4.44. The first kappa shape index (κ1) is 12.7. The summed E-state index contributed by atoms with van der Waals surface area (Å²) in [5, 5.41) is 3.92. The van der Waals surface area contributed by atoms with Gasteiger partial charge in [0, 0.05) is 19.1 Å². The molecule has 78 valence electrons. The highest BCUT2D eigenvalue weighted by Gasteiger charge is 2.19. The second kappa shape index (κ2) is 6.19. The summed E-state index contributed by atoms with van der Waals surface area (Å²) in [5.74, 6) is 0. The molecular weight excluding hydrogens is 180 g/mol. The molecule has 3 heteroatoms. The third-order valence-electron chi connectivity index (χ3n) is 2.58. The number of hydrogen-bond acceptors (Lipinski definition) is 1. The smallest absolute Gasteiger partial charge is 0.169 e. The molecule has 0 radical (unpaired) electrons. The first-order valence-electron chi connectivity index (χ1n) is 5.08. The van der Waals surface area contributed by atoms with Crippen LogP contribution in [0.3, 0.4) is 0 Å². The van der Waals surface area contributed by atoms with Crippen molar-refractivity contribution in [2.24, 2.45) is 0 Å². The molecule has 13 heavy (non-hydrogen) atoms. The Hall–Kier alpha value is -0.310. The molecule has 0 rings (SSSR count). The molecule has 0 spiro atoms. The van der Waals surface area contributed by atoms with Gasteiger partial charge in [-0.1, -0.05) is 13.8 Å². The molecule has 0 aliphatic heterocycles. The minimum atomic E-state index is 0.523. The summed E-state index contributed by atoms with van der Waals surface area (Å²) in [6.07, 6.45) is 2.26. The minimum absolute atomic E-state index is 0.523. The lowest BCUT2D eigenvalue weighted by Crippen LogP contribution is -2.48. The average molecular weight is 202 g/mol. The largest absolute Gasteiger partial charge is 0.366 e. The van der Waals surface area contributed by atoms with Crippen LogP contribution < -0.4 is 5.32 Å². The van der Waals surface area contributed by atoms with E-state index >= 15 is 0 Å². The predicted octanol–water partition coefficient (Wildman–Crippen LogP) is 2.39. The van der Waals surface area contributed by atoms with Crippen molar-refractivity contribution in [2.45, 2.75) is 52.6 Å². The van der Waals surface area contributed by atoms with Gasteiger partial charge in [0.25, 0.3) is 0 Å². The van der Waals surface area contributed by atoms with Gasteiger partial charge in [0.2, 0.25) is 0 Å². The standard InChI is InChI=1S/C10H22N2S/c1-6-8(3)12(9(4)7-2)10(13)11-5/h8-9H,6-7H2,1-5H3,(H,11,13). The van der Waals surface area contributed by atoms with Gasteiger partial charge in [0.1, 0.15) is 0 Å². The van der Waals surface area contributed by atoms with Gasteiger partial charge in [-0.05, 0) is 38.9 Å². The van der Waals surface area contributed by atoms with Gasteiger partial charge >= 0.3 is 0 Å². The van der Waals surface area contributed by atoms with E-state index in [4.69, 9.17) is 12.2 Å². The summed E-state index contributed by atoms with van der Waals surface area (Å²) in [6, 6.07) is 1.05. The average Bonchev–Trinajstić information content (AvgIpc) is 2.16. The van der Waals surface area contributed by atoms with Gasteiger partial charge in [0.05, 0.1) is 0 Å². The topological polar surface area (TPSA) is 15.3 Å². The lowest BCUT2D eigenvalue weighted by molar-refractivity contribution is 0.249. The van der Waals surface area contributed by atoms with E-state index in [1.165, 1.54) is 0 Å². The van der Waals surface area contributed by atoms with E-state index in [1.54, 1.807) is 0 Å². The van der Waals surface area contributed by atoms with Crippen molar-refractivity contribution in [1.29, 1.82) is 0 Å². The Kier molecular flexibility index (Phi) is 6.04. The van der Waals surface area contributed by atoms with Crippen LogP contribution in [0.4, 0.5) is 0 Å². The second-order valence-electron chi connectivity index (χ2n) is 3.48. The Bertz CT molecular complexity index is 149. The van der Waals surface area contributed by atoms with E-state index in [2.05, 4.69) is 37.9 Å². The SMILES string of the molecule is CCC(C)N(C(=S)NC)C(C)CC. The quantitative estimate of drug-likeness (QED) is 0.705. The van der Waals surface area contributed by atoms with Gasteiger partial charge in [-0.3, -0.25) is 0 Å². The molecular formula is C10H22N2S. The molecule has 0 aromatic heterocycles. The Labute approximate surface area is 87.7 Å². The fourth-order valence-electron chi connectivity index (χ4n) is 1.36. The summed E-state index contributed by atoms with van der Waals surface area (Å²) in [6.45, 7) is 8.82. The highest BCUT2D eigenvalue weighted by Crippen LogP contribution is 2.11. The van der Waals surface area contributed by atoms with E-state index in [1.807, 2.05) is 7.05 Å². The van der Waals surface area contributed by atoms with Crippen LogP contribution in [0.1, 0.15) is 40.5 Å². The molecule has 0 saturated carbocycles. The van der Waals surface area contributed by atoms with Crippen molar-refractivity contribution in [3.63, 3.8) is 0 Å². The lowest BCUT2D eigenvalue weighted by atomic mass is 10.1. The Morgan fingerprint density at radius 3 is 1.85 bits per heavy atom. The van der Waals surface area contributed by atoms with Crippen LogP contribution in [0.5, 0.6) is 0 Å². The van der Waals surface area contributed by atoms with Crippen molar-refractivity contribution in [3.05, 3.63) is 0 Å². The van der Waals surface area contributed by atoms with Crippen LogP contribution in [0.25, 0.3) is 0 Å². The van der Waals surface area contributed by atoms with Crippen molar-refractivity contribution >= 4 is 17.3 Å². The number of nitrogens with one attached hydrogen (secondary N) is 1. The van der Waals surface area contributed by atoms with Crippen molar-refractivity contribution in [3.8, 4) is 0 Å². The van der Waals surface area contributed by atoms with E-state index in [0.29, 0.717) is 12.1 Å². The summed E-state index contributed by atoms with van der Waals surface area (Å²) in [5.41, 5.74) is 0. The maximum atomic E-state index is 5.28. The second-order valence-corrected chi connectivity index (χ2v) is 3.86. The maximum absolute atomic E-state index is 5.28. The molecule has 0 bridgehead atoms. The van der Waals surface area contributed by atoms with Crippen LogP contribution >= 0.6 is 12.2 Å². The fourth-order valence-corrected chi connectivity index (χ4v) is 1.72. The zero-order valence-corrected chi connectivity index (χ0v) is 10.2. The first-order chi connectivity index (χ1) is 6.08. The molecule has 2 unspecified atom stereocenters. The van der Waals surface area contributed by atoms with Crippen LogP contribution in [0, 0.1) is 0 Å². The lowest BCUT2D eigenvalue weighted by Gasteiger charge is -2.35. The zero-order valence-electron chi connectivity index (χ0n) is 9.42. The van der Waals surface area contributed by atoms with Crippen molar-refractivity contribution in [1.82, 2.24) is 10.2 Å². The van der Waals surface area contributed by atoms with Crippen molar-refractivity contribution < 1.29 is 0 Å².